The van der Waals surface area contributed by atoms with Gasteiger partial charge in [0.25, 0.3) is 0 Å². The van der Waals surface area contributed by atoms with Crippen LogP contribution in [0.4, 0.5) is 5.95 Å². The Bertz CT molecular complexity index is 852. The van der Waals surface area contributed by atoms with Crippen LogP contribution < -0.4 is 5.32 Å². The van der Waals surface area contributed by atoms with Gasteiger partial charge in [-0.3, -0.25) is 10.1 Å². The van der Waals surface area contributed by atoms with E-state index in [9.17, 15) is 9.90 Å². The summed E-state index contributed by atoms with van der Waals surface area (Å²) in [5, 5.41) is 13.2. The highest BCUT2D eigenvalue weighted by atomic mass is 35.5. The van der Waals surface area contributed by atoms with Crippen LogP contribution in [0.3, 0.4) is 0 Å². The van der Waals surface area contributed by atoms with Crippen molar-refractivity contribution in [3.05, 3.63) is 53.1 Å². The molecule has 5 nitrogen and oxygen atoms in total. The summed E-state index contributed by atoms with van der Waals surface area (Å²) in [6.45, 7) is 0. The number of hydrogen-bond acceptors (Lipinski definition) is 3. The van der Waals surface area contributed by atoms with Crippen molar-refractivity contribution < 1.29 is 9.90 Å². The zero-order valence-electron chi connectivity index (χ0n) is 12.1. The molecule has 0 aliphatic heterocycles. The van der Waals surface area contributed by atoms with E-state index < -0.39 is 0 Å². The van der Waals surface area contributed by atoms with Gasteiger partial charge in [-0.1, -0.05) is 29.8 Å². The number of amides is 1. The van der Waals surface area contributed by atoms with Crippen LogP contribution in [0.25, 0.3) is 11.0 Å². The molecule has 3 aromatic rings. The fraction of sp³-hybridized carbons (Fsp3) is 0.176. The van der Waals surface area contributed by atoms with Crippen molar-refractivity contribution in [3.63, 3.8) is 0 Å². The van der Waals surface area contributed by atoms with Gasteiger partial charge in [0.15, 0.2) is 0 Å². The van der Waals surface area contributed by atoms with E-state index in [1.54, 1.807) is 18.2 Å². The van der Waals surface area contributed by atoms with Crippen LogP contribution in [-0.2, 0) is 4.79 Å². The number of rotatable bonds is 3. The van der Waals surface area contributed by atoms with Crippen molar-refractivity contribution >= 4 is 34.5 Å². The number of nitrogens with one attached hydrogen (secondary N) is 2. The third-order valence-electron chi connectivity index (χ3n) is 4.16. The number of phenolic OH excluding ortho intramolecular Hbond substituents is 1. The highest BCUT2D eigenvalue weighted by Gasteiger charge is 2.46. The standard InChI is InChI=1S/C17H14ClN3O2/c18-11-4-3-7-14(22)15(11)9-8-10(9)16(23)21-17-19-12-5-1-2-6-13(12)20-17/h1-7,9-10,22H,8H2,(H2,19,20,21,23). The number of carbonyl (C=O) groups excluding carboxylic acids is 1. The van der Waals surface area contributed by atoms with E-state index in [2.05, 4.69) is 15.3 Å². The fourth-order valence-corrected chi connectivity index (χ4v) is 3.23. The topological polar surface area (TPSA) is 78.0 Å². The molecular weight excluding hydrogens is 314 g/mol. The lowest BCUT2D eigenvalue weighted by Crippen LogP contribution is -2.15. The van der Waals surface area contributed by atoms with Crippen LogP contribution in [0.2, 0.25) is 5.02 Å². The molecule has 1 aromatic heterocycles. The summed E-state index contributed by atoms with van der Waals surface area (Å²) in [5.74, 6) is 0.210. The maximum Gasteiger partial charge on any atom is 0.230 e. The number of aromatic hydroxyl groups is 1. The Morgan fingerprint density at radius 2 is 2.09 bits per heavy atom. The number of fused-ring (bicyclic) bond motifs is 1. The minimum atomic E-state index is -0.200. The third kappa shape index (κ3) is 2.53. The number of imidazole rings is 1. The van der Waals surface area contributed by atoms with E-state index in [0.29, 0.717) is 23.0 Å². The number of H-pyrrole nitrogens is 1. The molecule has 1 aliphatic rings. The summed E-state index contributed by atoms with van der Waals surface area (Å²) in [7, 11) is 0. The van der Waals surface area contributed by atoms with E-state index in [-0.39, 0.29) is 23.5 Å². The van der Waals surface area contributed by atoms with Gasteiger partial charge in [0.05, 0.1) is 11.0 Å². The average molecular weight is 328 g/mol. The molecule has 4 rings (SSSR count). The maximum atomic E-state index is 12.4. The highest BCUT2D eigenvalue weighted by molar-refractivity contribution is 6.31. The third-order valence-corrected chi connectivity index (χ3v) is 4.49. The first-order valence-electron chi connectivity index (χ1n) is 7.36. The van der Waals surface area contributed by atoms with Gasteiger partial charge in [0, 0.05) is 22.4 Å². The van der Waals surface area contributed by atoms with E-state index in [1.807, 2.05) is 24.3 Å². The largest absolute Gasteiger partial charge is 0.508 e. The number of halogens is 1. The second kappa shape index (κ2) is 5.28. The van der Waals surface area contributed by atoms with Gasteiger partial charge in [0.2, 0.25) is 11.9 Å². The number of benzene rings is 2. The molecule has 0 spiro atoms. The predicted octanol–water partition coefficient (Wildman–Crippen LogP) is 3.66. The van der Waals surface area contributed by atoms with Crippen LogP contribution in [0.5, 0.6) is 5.75 Å². The highest BCUT2D eigenvalue weighted by Crippen LogP contribution is 2.52. The van der Waals surface area contributed by atoms with Gasteiger partial charge < -0.3 is 10.1 Å². The van der Waals surface area contributed by atoms with Crippen LogP contribution in [0.15, 0.2) is 42.5 Å². The second-order valence-corrected chi connectivity index (χ2v) is 6.12. The predicted molar refractivity (Wildman–Crippen MR) is 88.7 cm³/mol. The normalized spacial score (nSPS) is 19.7. The number of aromatic nitrogens is 2. The zero-order valence-corrected chi connectivity index (χ0v) is 12.8. The quantitative estimate of drug-likeness (QED) is 0.687. The molecule has 116 valence electrons. The minimum absolute atomic E-state index is 0.0481. The van der Waals surface area contributed by atoms with Crippen molar-refractivity contribution in [1.82, 2.24) is 9.97 Å². The van der Waals surface area contributed by atoms with Gasteiger partial charge in [-0.2, -0.15) is 0 Å². The summed E-state index contributed by atoms with van der Waals surface area (Å²) in [5.41, 5.74) is 2.33. The van der Waals surface area contributed by atoms with Gasteiger partial charge in [-0.25, -0.2) is 4.98 Å². The van der Waals surface area contributed by atoms with Gasteiger partial charge in [-0.05, 0) is 30.7 Å². The minimum Gasteiger partial charge on any atom is -0.508 e. The van der Waals surface area contributed by atoms with Gasteiger partial charge in [0.1, 0.15) is 5.75 Å². The Balaban J connectivity index is 1.51. The summed E-state index contributed by atoms with van der Waals surface area (Å²) in [6.07, 6.45) is 0.670. The second-order valence-electron chi connectivity index (χ2n) is 5.71. The first-order chi connectivity index (χ1) is 11.1. The van der Waals surface area contributed by atoms with Crippen molar-refractivity contribution in [2.24, 2.45) is 5.92 Å². The van der Waals surface area contributed by atoms with E-state index in [0.717, 1.165) is 11.0 Å². The van der Waals surface area contributed by atoms with Gasteiger partial charge in [-0.15, -0.1) is 0 Å². The Morgan fingerprint density at radius 3 is 2.87 bits per heavy atom. The number of para-hydroxylation sites is 2. The summed E-state index contributed by atoms with van der Waals surface area (Å²) in [6, 6.07) is 12.6. The molecular formula is C17H14ClN3O2. The molecule has 23 heavy (non-hydrogen) atoms. The molecule has 3 N–H and O–H groups in total. The maximum absolute atomic E-state index is 12.4. The first-order valence-corrected chi connectivity index (χ1v) is 7.74. The van der Waals surface area contributed by atoms with Crippen molar-refractivity contribution in [2.45, 2.75) is 12.3 Å². The van der Waals surface area contributed by atoms with E-state index in [4.69, 9.17) is 11.6 Å². The monoisotopic (exact) mass is 327 g/mol. The number of carbonyl (C=O) groups is 1. The molecule has 6 heteroatoms. The molecule has 1 saturated carbocycles. The fourth-order valence-electron chi connectivity index (χ4n) is 2.92. The molecule has 2 unspecified atom stereocenters. The molecule has 1 fully saturated rings. The Hall–Kier alpha value is -2.53. The van der Waals surface area contributed by atoms with Crippen molar-refractivity contribution in [3.8, 4) is 5.75 Å². The van der Waals surface area contributed by atoms with Crippen LogP contribution >= 0.6 is 11.6 Å². The molecule has 2 atom stereocenters. The first kappa shape index (κ1) is 14.1. The Kier molecular flexibility index (Phi) is 3.23. The zero-order chi connectivity index (χ0) is 16.0. The van der Waals surface area contributed by atoms with Crippen molar-refractivity contribution in [1.29, 1.82) is 0 Å². The van der Waals surface area contributed by atoms with Gasteiger partial charge >= 0.3 is 0 Å². The number of hydrogen-bond donors (Lipinski definition) is 3. The Morgan fingerprint density at radius 1 is 1.26 bits per heavy atom. The number of aromatic amines is 1. The smallest absolute Gasteiger partial charge is 0.230 e. The molecule has 1 amide bonds. The molecule has 0 radical (unpaired) electrons. The number of nitrogens with zero attached hydrogens (tertiary/aromatic N) is 1. The van der Waals surface area contributed by atoms with E-state index >= 15 is 0 Å². The molecule has 0 bridgehead atoms. The lowest BCUT2D eigenvalue weighted by Gasteiger charge is -2.06. The SMILES string of the molecule is O=C(Nc1nc2ccccc2[nH]1)C1CC1c1c(O)cccc1Cl. The van der Waals surface area contributed by atoms with Crippen LogP contribution in [0, 0.1) is 5.92 Å². The molecule has 1 heterocycles. The molecule has 2 aromatic carbocycles. The average Bonchev–Trinajstić information content (AvgIpc) is 3.19. The van der Waals surface area contributed by atoms with Crippen molar-refractivity contribution in [2.75, 3.05) is 5.32 Å². The number of anilines is 1. The van der Waals surface area contributed by atoms with Crippen LogP contribution in [-0.4, -0.2) is 21.0 Å². The lowest BCUT2D eigenvalue weighted by molar-refractivity contribution is -0.117. The van der Waals surface area contributed by atoms with E-state index in [1.165, 1.54) is 0 Å². The molecule has 1 aliphatic carbocycles. The lowest BCUT2D eigenvalue weighted by atomic mass is 10.1. The summed E-state index contributed by atoms with van der Waals surface area (Å²) < 4.78 is 0. The Labute approximate surface area is 137 Å². The summed E-state index contributed by atoms with van der Waals surface area (Å²) in [4.78, 5) is 19.8. The number of phenols is 1. The summed E-state index contributed by atoms with van der Waals surface area (Å²) >= 11 is 6.14. The molecule has 0 saturated heterocycles. The van der Waals surface area contributed by atoms with Crippen LogP contribution in [0.1, 0.15) is 17.9 Å².